The molecule has 0 fully saturated rings. The highest BCUT2D eigenvalue weighted by molar-refractivity contribution is 5.72. The Bertz CT molecular complexity index is 874. The average molecular weight is 325 g/mol. The van der Waals surface area contributed by atoms with Crippen LogP contribution in [0, 0.1) is 57.8 Å². The molecule has 0 amide bonds. The average Bonchev–Trinajstić information content (AvgIpc) is 2.63. The number of hydrogen-bond acceptors (Lipinski definition) is 4. The van der Waals surface area contributed by atoms with E-state index in [1.54, 1.807) is 25.1 Å². The predicted molar refractivity (Wildman–Crippen MR) is 93.7 cm³/mol. The van der Waals surface area contributed by atoms with E-state index in [-0.39, 0.29) is 22.4 Å². The molecular formula is C19H13N6-. The summed E-state index contributed by atoms with van der Waals surface area (Å²) in [5, 5.41) is 44.8. The van der Waals surface area contributed by atoms with E-state index in [0.717, 1.165) is 6.21 Å². The summed E-state index contributed by atoms with van der Waals surface area (Å²) < 4.78 is 0. The Hall–Kier alpha value is -4.18. The quantitative estimate of drug-likeness (QED) is 0.318. The molecule has 0 aromatic heterocycles. The van der Waals surface area contributed by atoms with Crippen molar-refractivity contribution in [1.82, 2.24) is 0 Å². The molecule has 6 heteroatoms. The summed E-state index contributed by atoms with van der Waals surface area (Å²) in [5.41, 5.74) is 0.980. The molecular weight excluding hydrogens is 312 g/mol. The number of nitriles is 4. The minimum Gasteiger partial charge on any atom is -0.813 e. The maximum absolute atomic E-state index is 9.10. The smallest absolute Gasteiger partial charge is 0.266 e. The monoisotopic (exact) mass is 325 g/mol. The fourth-order valence-electron chi connectivity index (χ4n) is 1.60. The number of allylic oxidation sites excluding steroid dienone is 10. The Morgan fingerprint density at radius 1 is 1.04 bits per heavy atom. The maximum Gasteiger partial charge on any atom is 0.266 e. The summed E-state index contributed by atoms with van der Waals surface area (Å²) in [6, 6.07) is 7.44. The fraction of sp³-hybridized carbons (Fsp3) is 0.158. The van der Waals surface area contributed by atoms with Crippen molar-refractivity contribution in [3.8, 4) is 24.3 Å². The molecule has 0 aliphatic rings. The van der Waals surface area contributed by atoms with Crippen LogP contribution in [-0.4, -0.2) is 6.21 Å². The maximum atomic E-state index is 9.10. The van der Waals surface area contributed by atoms with Crippen molar-refractivity contribution in [2.45, 2.75) is 13.8 Å². The van der Waals surface area contributed by atoms with Crippen LogP contribution in [0.3, 0.4) is 0 Å². The number of rotatable bonds is 6. The molecule has 0 spiro atoms. The second kappa shape index (κ2) is 11.4. The molecule has 0 bridgehead atoms. The van der Waals surface area contributed by atoms with Gasteiger partial charge in [-0.05, 0) is 37.1 Å². The molecule has 120 valence electrons. The largest absolute Gasteiger partial charge is 0.813 e. The first-order chi connectivity index (χ1) is 12.0. The predicted octanol–water partition coefficient (Wildman–Crippen LogP) is 3.89. The van der Waals surface area contributed by atoms with Crippen molar-refractivity contribution in [3.63, 3.8) is 0 Å². The van der Waals surface area contributed by atoms with Crippen LogP contribution in [0.15, 0.2) is 58.4 Å². The van der Waals surface area contributed by atoms with Crippen LogP contribution in [0.5, 0.6) is 0 Å². The van der Waals surface area contributed by atoms with Gasteiger partial charge >= 0.3 is 0 Å². The number of hydrogen-bond donors (Lipinski definition) is 0. The molecule has 1 unspecified atom stereocenters. The molecule has 6 nitrogen and oxygen atoms in total. The van der Waals surface area contributed by atoms with E-state index >= 15 is 0 Å². The molecule has 0 saturated heterocycles. The van der Waals surface area contributed by atoms with Gasteiger partial charge in [-0.25, -0.2) is 10.1 Å². The third-order valence-corrected chi connectivity index (χ3v) is 3.15. The first-order valence-corrected chi connectivity index (χ1v) is 6.92. The number of nitrogens with zero attached hydrogens (tertiary/aromatic N) is 6. The first-order valence-electron chi connectivity index (χ1n) is 6.92. The summed E-state index contributed by atoms with van der Waals surface area (Å²) in [6.45, 7) is 9.97. The van der Waals surface area contributed by atoms with Gasteiger partial charge in [0.2, 0.25) is 0 Å². The minimum absolute atomic E-state index is 0.148. The van der Waals surface area contributed by atoms with Gasteiger partial charge in [0.25, 0.3) is 5.70 Å². The molecule has 0 aliphatic heterocycles. The zero-order chi connectivity index (χ0) is 19.2. The molecule has 0 aromatic rings. The summed E-state index contributed by atoms with van der Waals surface area (Å²) in [7, 11) is 0. The van der Waals surface area contributed by atoms with Gasteiger partial charge in [-0.15, -0.1) is 0 Å². The first kappa shape index (κ1) is 20.8. The van der Waals surface area contributed by atoms with Crippen molar-refractivity contribution < 1.29 is 0 Å². The SMILES string of the molecule is [C-]#[N+]/C(C#N)=C(C)/C(C#N)=C/C=CC=C/C(C#N)=C(\C)C(C#N)C=[N-]. The Balaban J connectivity index is 5.49. The van der Waals surface area contributed by atoms with Crippen LogP contribution in [-0.2, 0) is 0 Å². The fourth-order valence-corrected chi connectivity index (χ4v) is 1.60. The molecule has 25 heavy (non-hydrogen) atoms. The highest BCUT2D eigenvalue weighted by Gasteiger charge is 2.07. The standard InChI is InChI=1S/C19H13N6/c1-14(18(11-22)12-23)16(9-20)7-5-4-6-8-17(10-21)15(2)19(13-24)25-3/h4-8,11,18H,1-2H3/q-1/b6-4?,7-5?,16-14-,17-8+,19-15+. The normalized spacial score (nSPS) is 14.2. The third kappa shape index (κ3) is 6.22. The van der Waals surface area contributed by atoms with Gasteiger partial charge in [0.05, 0.1) is 42.3 Å². The Kier molecular flexibility index (Phi) is 9.49. The van der Waals surface area contributed by atoms with E-state index in [1.807, 2.05) is 18.2 Å². The topological polar surface area (TPSA) is 122 Å². The molecule has 0 heterocycles. The lowest BCUT2D eigenvalue weighted by atomic mass is 9.98. The Morgan fingerprint density at radius 2 is 1.72 bits per heavy atom. The molecule has 0 rings (SSSR count). The van der Waals surface area contributed by atoms with Crippen molar-refractivity contribution >= 4 is 6.21 Å². The van der Waals surface area contributed by atoms with E-state index < -0.39 is 5.92 Å². The summed E-state index contributed by atoms with van der Waals surface area (Å²) in [6.07, 6.45) is 8.27. The van der Waals surface area contributed by atoms with Gasteiger partial charge in [-0.1, -0.05) is 18.2 Å². The van der Waals surface area contributed by atoms with Gasteiger partial charge in [0.15, 0.2) is 0 Å². The lowest BCUT2D eigenvalue weighted by Gasteiger charge is -2.07. The van der Waals surface area contributed by atoms with Crippen LogP contribution in [0.2, 0.25) is 0 Å². The zero-order valence-corrected chi connectivity index (χ0v) is 13.7. The Labute approximate surface area is 147 Å². The van der Waals surface area contributed by atoms with Gasteiger partial charge in [0.1, 0.15) is 0 Å². The molecule has 1 atom stereocenters. The summed E-state index contributed by atoms with van der Waals surface area (Å²) >= 11 is 0. The van der Waals surface area contributed by atoms with Crippen LogP contribution in [0.25, 0.3) is 10.3 Å². The van der Waals surface area contributed by atoms with E-state index in [4.69, 9.17) is 33.0 Å². The van der Waals surface area contributed by atoms with Gasteiger partial charge in [-0.3, -0.25) is 0 Å². The summed E-state index contributed by atoms with van der Waals surface area (Å²) in [5.74, 6) is -0.862. The lowest BCUT2D eigenvalue weighted by molar-refractivity contribution is 1.05. The van der Waals surface area contributed by atoms with Crippen molar-refractivity contribution in [3.05, 3.63) is 75.2 Å². The zero-order valence-electron chi connectivity index (χ0n) is 13.7. The highest BCUT2D eigenvalue weighted by atomic mass is 14.7. The van der Waals surface area contributed by atoms with Gasteiger partial charge in [-0.2, -0.15) is 22.0 Å². The lowest BCUT2D eigenvalue weighted by Crippen LogP contribution is -2.01. The van der Waals surface area contributed by atoms with E-state index in [0.29, 0.717) is 5.57 Å². The minimum atomic E-state index is -0.862. The van der Waals surface area contributed by atoms with E-state index in [1.165, 1.54) is 25.2 Å². The van der Waals surface area contributed by atoms with Gasteiger partial charge < -0.3 is 5.41 Å². The molecule has 0 aromatic carbocycles. The second-order valence-corrected chi connectivity index (χ2v) is 4.60. The van der Waals surface area contributed by atoms with Crippen molar-refractivity contribution in [2.24, 2.45) is 5.92 Å². The van der Waals surface area contributed by atoms with Crippen LogP contribution < -0.4 is 0 Å². The van der Waals surface area contributed by atoms with Crippen LogP contribution in [0.4, 0.5) is 0 Å². The molecule has 0 N–H and O–H groups in total. The second-order valence-electron chi connectivity index (χ2n) is 4.60. The highest BCUT2D eigenvalue weighted by Crippen LogP contribution is 2.15. The van der Waals surface area contributed by atoms with Crippen LogP contribution in [0.1, 0.15) is 13.8 Å². The van der Waals surface area contributed by atoms with Gasteiger partial charge in [0, 0.05) is 5.57 Å². The van der Waals surface area contributed by atoms with E-state index in [9.17, 15) is 0 Å². The summed E-state index contributed by atoms with van der Waals surface area (Å²) in [4.78, 5) is 3.05. The molecule has 0 radical (unpaired) electrons. The molecule has 0 saturated carbocycles. The Morgan fingerprint density at radius 3 is 2.16 bits per heavy atom. The van der Waals surface area contributed by atoms with Crippen LogP contribution >= 0.6 is 0 Å². The van der Waals surface area contributed by atoms with Crippen molar-refractivity contribution in [1.29, 1.82) is 21.0 Å². The third-order valence-electron chi connectivity index (χ3n) is 3.15. The van der Waals surface area contributed by atoms with E-state index in [2.05, 4.69) is 4.85 Å². The van der Waals surface area contributed by atoms with Crippen molar-refractivity contribution in [2.75, 3.05) is 0 Å². The molecule has 0 aliphatic carbocycles.